The fraction of sp³-hybridized carbons (Fsp3) is 0. The Kier molecular flexibility index (Phi) is 2.48. The molecular formula is C13H7NO5S. The summed E-state index contributed by atoms with van der Waals surface area (Å²) in [5, 5.41) is 10.7. The van der Waals surface area contributed by atoms with Crippen LogP contribution >= 0.6 is 0 Å². The van der Waals surface area contributed by atoms with Crippen LogP contribution in [0.15, 0.2) is 52.3 Å². The van der Waals surface area contributed by atoms with Gasteiger partial charge in [0.1, 0.15) is 0 Å². The molecule has 1 aliphatic heterocycles. The monoisotopic (exact) mass is 289 g/mol. The molecule has 1 aliphatic rings. The van der Waals surface area contributed by atoms with E-state index in [4.69, 9.17) is 0 Å². The first-order chi connectivity index (χ1) is 9.43. The van der Waals surface area contributed by atoms with Crippen molar-refractivity contribution >= 4 is 21.3 Å². The van der Waals surface area contributed by atoms with Crippen LogP contribution in [0.25, 0.3) is 0 Å². The fourth-order valence-electron chi connectivity index (χ4n) is 2.20. The molecule has 0 radical (unpaired) electrons. The summed E-state index contributed by atoms with van der Waals surface area (Å²) in [4.78, 5) is 22.1. The molecule has 0 fully saturated rings. The van der Waals surface area contributed by atoms with Crippen molar-refractivity contribution in [2.75, 3.05) is 0 Å². The Morgan fingerprint density at radius 1 is 0.950 bits per heavy atom. The van der Waals surface area contributed by atoms with E-state index < -0.39 is 20.5 Å². The molecule has 0 N–H and O–H groups in total. The van der Waals surface area contributed by atoms with Crippen molar-refractivity contribution in [1.29, 1.82) is 0 Å². The van der Waals surface area contributed by atoms with E-state index in [-0.39, 0.29) is 26.6 Å². The average Bonchev–Trinajstić information content (AvgIpc) is 2.44. The number of nitro groups is 1. The fourth-order valence-corrected chi connectivity index (χ4v) is 3.83. The molecule has 1 heterocycles. The van der Waals surface area contributed by atoms with Crippen LogP contribution in [0.4, 0.5) is 5.69 Å². The van der Waals surface area contributed by atoms with Gasteiger partial charge in [0.15, 0.2) is 5.78 Å². The average molecular weight is 289 g/mol. The Balaban J connectivity index is 2.37. The molecule has 0 amide bonds. The number of non-ortho nitro benzene ring substituents is 1. The van der Waals surface area contributed by atoms with E-state index in [1.165, 1.54) is 18.2 Å². The van der Waals surface area contributed by atoms with Crippen LogP contribution < -0.4 is 0 Å². The van der Waals surface area contributed by atoms with Gasteiger partial charge in [-0.2, -0.15) is 0 Å². The van der Waals surface area contributed by atoms with Gasteiger partial charge in [0.2, 0.25) is 9.84 Å². The second-order valence-electron chi connectivity index (χ2n) is 4.27. The van der Waals surface area contributed by atoms with Gasteiger partial charge < -0.3 is 0 Å². The van der Waals surface area contributed by atoms with Crippen molar-refractivity contribution in [3.05, 3.63) is 63.7 Å². The number of fused-ring (bicyclic) bond motifs is 2. The zero-order chi connectivity index (χ0) is 14.5. The van der Waals surface area contributed by atoms with Crippen molar-refractivity contribution in [3.63, 3.8) is 0 Å². The minimum atomic E-state index is -3.82. The van der Waals surface area contributed by atoms with Crippen LogP contribution in [0.2, 0.25) is 0 Å². The van der Waals surface area contributed by atoms with Crippen molar-refractivity contribution in [2.24, 2.45) is 0 Å². The lowest BCUT2D eigenvalue weighted by Crippen LogP contribution is -2.20. The molecule has 3 rings (SSSR count). The van der Waals surface area contributed by atoms with Crippen molar-refractivity contribution in [2.45, 2.75) is 9.79 Å². The van der Waals surface area contributed by atoms with Gasteiger partial charge in [-0.05, 0) is 18.2 Å². The van der Waals surface area contributed by atoms with E-state index >= 15 is 0 Å². The highest BCUT2D eigenvalue weighted by atomic mass is 32.2. The highest BCUT2D eigenvalue weighted by Gasteiger charge is 2.35. The third-order valence-corrected chi connectivity index (χ3v) is 5.00. The lowest BCUT2D eigenvalue weighted by Gasteiger charge is -2.18. The summed E-state index contributed by atoms with van der Waals surface area (Å²) in [6, 6.07) is 9.03. The van der Waals surface area contributed by atoms with Crippen LogP contribution in [-0.4, -0.2) is 19.1 Å². The summed E-state index contributed by atoms with van der Waals surface area (Å²) < 4.78 is 24.8. The topological polar surface area (TPSA) is 94.3 Å². The molecule has 0 saturated heterocycles. The quantitative estimate of drug-likeness (QED) is 0.504. The van der Waals surface area contributed by atoms with E-state index in [0.29, 0.717) is 0 Å². The molecule has 7 heteroatoms. The van der Waals surface area contributed by atoms with Crippen LogP contribution in [0.1, 0.15) is 15.9 Å². The highest BCUT2D eigenvalue weighted by molar-refractivity contribution is 7.91. The van der Waals surface area contributed by atoms with Gasteiger partial charge in [-0.3, -0.25) is 14.9 Å². The van der Waals surface area contributed by atoms with Crippen LogP contribution in [-0.2, 0) is 9.84 Å². The van der Waals surface area contributed by atoms with Gasteiger partial charge in [0.25, 0.3) is 5.69 Å². The molecule has 0 aliphatic carbocycles. The van der Waals surface area contributed by atoms with Crippen LogP contribution in [0.3, 0.4) is 0 Å². The second kappa shape index (κ2) is 3.97. The molecule has 0 aromatic heterocycles. The van der Waals surface area contributed by atoms with E-state index in [1.807, 2.05) is 0 Å². The number of nitrogens with zero attached hydrogens (tertiary/aromatic N) is 1. The summed E-state index contributed by atoms with van der Waals surface area (Å²) in [5.41, 5.74) is -0.426. The minimum absolute atomic E-state index is 0.0421. The summed E-state index contributed by atoms with van der Waals surface area (Å²) >= 11 is 0. The lowest BCUT2D eigenvalue weighted by atomic mass is 10.0. The van der Waals surface area contributed by atoms with Crippen LogP contribution in [0, 0.1) is 10.1 Å². The minimum Gasteiger partial charge on any atom is -0.289 e. The summed E-state index contributed by atoms with van der Waals surface area (Å²) in [6.07, 6.45) is 0. The molecule has 20 heavy (non-hydrogen) atoms. The summed E-state index contributed by atoms with van der Waals surface area (Å²) in [7, 11) is -3.82. The Morgan fingerprint density at radius 2 is 1.60 bits per heavy atom. The predicted octanol–water partition coefficient (Wildman–Crippen LogP) is 1.97. The smallest absolute Gasteiger partial charge is 0.270 e. The second-order valence-corrected chi connectivity index (χ2v) is 6.15. The molecule has 0 saturated carbocycles. The van der Waals surface area contributed by atoms with E-state index in [0.717, 1.165) is 18.2 Å². The number of benzene rings is 2. The number of hydrogen-bond acceptors (Lipinski definition) is 5. The van der Waals surface area contributed by atoms with Gasteiger partial charge in [0, 0.05) is 23.3 Å². The molecule has 2 aromatic carbocycles. The Labute approximate surface area is 113 Å². The number of hydrogen-bond donors (Lipinski definition) is 0. The van der Waals surface area contributed by atoms with Crippen LogP contribution in [0.5, 0.6) is 0 Å². The van der Waals surface area contributed by atoms with E-state index in [9.17, 15) is 23.3 Å². The first-order valence-electron chi connectivity index (χ1n) is 5.60. The molecule has 6 nitrogen and oxygen atoms in total. The normalized spacial score (nSPS) is 15.3. The van der Waals surface area contributed by atoms with Crippen molar-refractivity contribution in [1.82, 2.24) is 0 Å². The number of rotatable bonds is 1. The summed E-state index contributed by atoms with van der Waals surface area (Å²) in [6.45, 7) is 0. The maximum Gasteiger partial charge on any atom is 0.270 e. The largest absolute Gasteiger partial charge is 0.289 e. The molecule has 0 spiro atoms. The lowest BCUT2D eigenvalue weighted by molar-refractivity contribution is -0.384. The van der Waals surface area contributed by atoms with Gasteiger partial charge in [-0.15, -0.1) is 0 Å². The molecule has 0 bridgehead atoms. The van der Waals surface area contributed by atoms with E-state index in [2.05, 4.69) is 0 Å². The SMILES string of the molecule is O=C1c2ccccc2S(=O)(=O)c2ccc([N+](=O)[O-])cc21. The number of carbonyl (C=O) groups is 1. The molecule has 2 aromatic rings. The Morgan fingerprint density at radius 3 is 2.30 bits per heavy atom. The van der Waals surface area contributed by atoms with Crippen molar-refractivity contribution in [3.8, 4) is 0 Å². The Bertz CT molecular complexity index is 870. The van der Waals surface area contributed by atoms with E-state index in [1.54, 1.807) is 6.07 Å². The first kappa shape index (κ1) is 12.5. The maximum atomic E-state index is 12.4. The zero-order valence-electron chi connectivity index (χ0n) is 9.94. The summed E-state index contributed by atoms with van der Waals surface area (Å²) in [5.74, 6) is -0.519. The van der Waals surface area contributed by atoms with Gasteiger partial charge in [-0.25, -0.2) is 8.42 Å². The maximum absolute atomic E-state index is 12.4. The highest BCUT2D eigenvalue weighted by Crippen LogP contribution is 2.35. The van der Waals surface area contributed by atoms with Gasteiger partial charge in [-0.1, -0.05) is 12.1 Å². The number of sulfone groups is 1. The molecule has 100 valence electrons. The predicted molar refractivity (Wildman–Crippen MR) is 68.4 cm³/mol. The molecule has 0 atom stereocenters. The number of nitro benzene ring substituents is 1. The van der Waals surface area contributed by atoms with Gasteiger partial charge in [0.05, 0.1) is 14.7 Å². The van der Waals surface area contributed by atoms with Crippen molar-refractivity contribution < 1.29 is 18.1 Å². The number of carbonyl (C=O) groups excluding carboxylic acids is 1. The number of ketones is 1. The Hall–Kier alpha value is -2.54. The molecular weight excluding hydrogens is 282 g/mol. The molecule has 0 unspecified atom stereocenters. The third kappa shape index (κ3) is 1.56. The van der Waals surface area contributed by atoms with Gasteiger partial charge >= 0.3 is 0 Å². The first-order valence-corrected chi connectivity index (χ1v) is 7.08. The standard InChI is InChI=1S/C13H7NO5S/c15-13-9-3-1-2-4-11(9)20(18,19)12-6-5-8(14(16)17)7-10(12)13/h1-7H. The third-order valence-electron chi connectivity index (χ3n) is 3.13. The zero-order valence-corrected chi connectivity index (χ0v) is 10.8.